The van der Waals surface area contributed by atoms with E-state index in [0.29, 0.717) is 6.61 Å². The highest BCUT2D eigenvalue weighted by Gasteiger charge is 2.46. The summed E-state index contributed by atoms with van der Waals surface area (Å²) in [6.07, 6.45) is 1.56. The number of rotatable bonds is 8. The highest BCUT2D eigenvalue weighted by atomic mass is 16.6. The van der Waals surface area contributed by atoms with Crippen LogP contribution in [0.2, 0.25) is 0 Å². The van der Waals surface area contributed by atoms with E-state index in [1.54, 1.807) is 27.9 Å². The fourth-order valence-corrected chi connectivity index (χ4v) is 5.92. The van der Waals surface area contributed by atoms with Crippen LogP contribution in [0.3, 0.4) is 0 Å². The zero-order chi connectivity index (χ0) is 32.6. The van der Waals surface area contributed by atoms with Gasteiger partial charge in [-0.15, -0.1) is 0 Å². The zero-order valence-electron chi connectivity index (χ0n) is 28.2. The average Bonchev–Trinajstić information content (AvgIpc) is 3.69. The van der Waals surface area contributed by atoms with Crippen LogP contribution in [0.1, 0.15) is 90.6 Å². The monoisotopic (exact) mass is 613 g/mol. The van der Waals surface area contributed by atoms with Gasteiger partial charge in [0.2, 0.25) is 5.91 Å². The minimum Gasteiger partial charge on any atom is -0.444 e. The van der Waals surface area contributed by atoms with Crippen molar-refractivity contribution in [3.63, 3.8) is 0 Å². The lowest BCUT2D eigenvalue weighted by molar-refractivity contribution is -0.142. The Labute approximate surface area is 261 Å². The van der Waals surface area contributed by atoms with Crippen molar-refractivity contribution in [2.75, 3.05) is 33.4 Å². The quantitative estimate of drug-likeness (QED) is 0.357. The van der Waals surface area contributed by atoms with Gasteiger partial charge in [0.05, 0.1) is 23.8 Å². The Morgan fingerprint density at radius 2 is 1.64 bits per heavy atom. The first kappa shape index (κ1) is 33.6. The molecule has 1 saturated heterocycles. The molecule has 0 radical (unpaired) electrons. The van der Waals surface area contributed by atoms with Crippen LogP contribution >= 0.6 is 0 Å². The molecule has 2 atom stereocenters. The number of hydrogen-bond acceptors (Lipinski definition) is 7. The van der Waals surface area contributed by atoms with E-state index in [9.17, 15) is 14.4 Å². The summed E-state index contributed by atoms with van der Waals surface area (Å²) in [5, 5.41) is 5.93. The fourth-order valence-electron chi connectivity index (χ4n) is 5.92. The third kappa shape index (κ3) is 7.83. The molecular weight excluding hydrogens is 562 g/mol. The Morgan fingerprint density at radius 3 is 2.23 bits per heavy atom. The van der Waals surface area contributed by atoms with Crippen LogP contribution in [0.5, 0.6) is 0 Å². The van der Waals surface area contributed by atoms with Crippen molar-refractivity contribution >= 4 is 29.0 Å². The van der Waals surface area contributed by atoms with Crippen LogP contribution in [0, 0.1) is 13.8 Å². The lowest BCUT2D eigenvalue weighted by Crippen LogP contribution is -2.63. The van der Waals surface area contributed by atoms with Gasteiger partial charge in [-0.3, -0.25) is 14.4 Å². The number of carbonyl (C=O) groups is 3. The summed E-state index contributed by atoms with van der Waals surface area (Å²) in [6, 6.07) is 3.17. The summed E-state index contributed by atoms with van der Waals surface area (Å²) < 4.78 is 18.6. The van der Waals surface area contributed by atoms with Gasteiger partial charge in [0.15, 0.2) is 0 Å². The summed E-state index contributed by atoms with van der Waals surface area (Å²) in [6.45, 7) is 18.8. The van der Waals surface area contributed by atoms with E-state index in [2.05, 4.69) is 19.1 Å². The van der Waals surface area contributed by atoms with Gasteiger partial charge in [-0.2, -0.15) is 5.10 Å². The van der Waals surface area contributed by atoms with E-state index in [0.717, 1.165) is 53.5 Å². The second-order valence-corrected chi connectivity index (χ2v) is 14.2. The zero-order valence-corrected chi connectivity index (χ0v) is 28.2. The number of carbonyl (C=O) groups excluding carboxylic acids is 3. The van der Waals surface area contributed by atoms with Crippen LogP contribution in [-0.2, 0) is 25.5 Å². The number of amides is 3. The van der Waals surface area contributed by atoms with E-state index in [1.165, 1.54) is 9.80 Å². The largest absolute Gasteiger partial charge is 0.444 e. The summed E-state index contributed by atoms with van der Waals surface area (Å²) in [5.74, 6) is -0.193. The molecular formula is C33H51N5O6. The van der Waals surface area contributed by atoms with Gasteiger partial charge >= 0.3 is 12.2 Å². The van der Waals surface area contributed by atoms with E-state index in [-0.39, 0.29) is 37.6 Å². The lowest BCUT2D eigenvalue weighted by atomic mass is 9.99. The molecule has 0 bridgehead atoms. The molecule has 2 aromatic rings. The summed E-state index contributed by atoms with van der Waals surface area (Å²) >= 11 is 0. The molecule has 1 aliphatic carbocycles. The molecule has 1 aromatic heterocycles. The van der Waals surface area contributed by atoms with Crippen LogP contribution in [0.25, 0.3) is 10.9 Å². The maximum Gasteiger partial charge on any atom is 0.411 e. The van der Waals surface area contributed by atoms with Crippen LogP contribution in [-0.4, -0.2) is 99.2 Å². The molecule has 0 N–H and O–H groups in total. The molecule has 1 aliphatic heterocycles. The number of benzene rings is 1. The number of fused-ring (bicyclic) bond motifs is 1. The predicted octanol–water partition coefficient (Wildman–Crippen LogP) is 5.60. The van der Waals surface area contributed by atoms with Crippen LogP contribution < -0.4 is 0 Å². The highest BCUT2D eigenvalue weighted by molar-refractivity contribution is 5.89. The number of nitrogens with zero attached hydrogens (tertiary/aromatic N) is 5. The molecule has 11 nitrogen and oxygen atoms in total. The summed E-state index contributed by atoms with van der Waals surface area (Å²) in [5.41, 5.74) is 2.71. The topological polar surface area (TPSA) is 106 Å². The van der Waals surface area contributed by atoms with Crippen molar-refractivity contribution in [2.24, 2.45) is 0 Å². The van der Waals surface area contributed by atoms with Crippen molar-refractivity contribution in [2.45, 2.75) is 117 Å². The van der Waals surface area contributed by atoms with Crippen LogP contribution in [0.15, 0.2) is 12.1 Å². The third-order valence-corrected chi connectivity index (χ3v) is 8.01. The SMILES string of the molecule is COCCCn1nc(C)c2c(C)cc([C@H](C)N(C(=O)[C@H]3CN(C(=O)OC(C)(C)C)CCN3C(=O)OC(C)(C)C)C3CC3)cc21. The molecule has 4 rings (SSSR count). The van der Waals surface area contributed by atoms with Crippen molar-refractivity contribution in [3.8, 4) is 0 Å². The lowest BCUT2D eigenvalue weighted by Gasteiger charge is -2.43. The molecule has 1 saturated carbocycles. The Balaban J connectivity index is 1.68. The number of piperazine rings is 1. The third-order valence-electron chi connectivity index (χ3n) is 8.01. The van der Waals surface area contributed by atoms with Gasteiger partial charge in [-0.05, 0) is 98.8 Å². The normalized spacial score (nSPS) is 18.4. The molecule has 0 spiro atoms. The maximum absolute atomic E-state index is 14.6. The molecule has 2 aliphatic rings. The molecule has 0 unspecified atom stereocenters. The summed E-state index contributed by atoms with van der Waals surface area (Å²) in [7, 11) is 1.70. The Bertz CT molecular complexity index is 1370. The second kappa shape index (κ2) is 12.9. The van der Waals surface area contributed by atoms with Gasteiger partial charge in [0.25, 0.3) is 0 Å². The van der Waals surface area contributed by atoms with E-state index >= 15 is 0 Å². The predicted molar refractivity (Wildman–Crippen MR) is 169 cm³/mol. The Morgan fingerprint density at radius 1 is 1.00 bits per heavy atom. The molecule has 1 aromatic carbocycles. The second-order valence-electron chi connectivity index (χ2n) is 14.2. The number of methoxy groups -OCH3 is 1. The van der Waals surface area contributed by atoms with E-state index < -0.39 is 29.4 Å². The van der Waals surface area contributed by atoms with Gasteiger partial charge in [0, 0.05) is 44.8 Å². The van der Waals surface area contributed by atoms with Gasteiger partial charge < -0.3 is 24.0 Å². The number of aryl methyl sites for hydroxylation is 3. The number of hydrogen-bond donors (Lipinski definition) is 0. The first-order chi connectivity index (χ1) is 20.5. The molecule has 244 valence electrons. The first-order valence-corrected chi connectivity index (χ1v) is 15.8. The minimum atomic E-state index is -0.902. The smallest absolute Gasteiger partial charge is 0.411 e. The van der Waals surface area contributed by atoms with Crippen LogP contribution in [0.4, 0.5) is 9.59 Å². The van der Waals surface area contributed by atoms with Crippen molar-refractivity contribution in [1.82, 2.24) is 24.5 Å². The minimum absolute atomic E-state index is 0.0342. The maximum atomic E-state index is 14.6. The fraction of sp³-hybridized carbons (Fsp3) is 0.697. The highest BCUT2D eigenvalue weighted by Crippen LogP contribution is 2.38. The number of ether oxygens (including phenoxy) is 3. The molecule has 11 heteroatoms. The van der Waals surface area contributed by atoms with E-state index in [4.69, 9.17) is 19.3 Å². The van der Waals surface area contributed by atoms with Crippen molar-refractivity contribution < 1.29 is 28.6 Å². The Kier molecular flexibility index (Phi) is 9.87. The molecule has 2 heterocycles. The van der Waals surface area contributed by atoms with Gasteiger partial charge in [-0.1, -0.05) is 6.07 Å². The standard InChI is InChI=1S/C33H51N5O6/c1-21-18-24(19-26-28(21)22(2)34-37(26)14-11-17-42-10)23(3)38(25-12-13-25)29(39)27-20-35(30(40)43-32(4,5)6)15-16-36(27)31(41)44-33(7,8)9/h18-19,23,25,27H,11-17,20H2,1-10H3/t23-,27+/m0/s1. The average molecular weight is 614 g/mol. The number of aromatic nitrogens is 2. The molecule has 2 fully saturated rings. The molecule has 3 amide bonds. The van der Waals surface area contributed by atoms with Crippen molar-refractivity contribution in [3.05, 3.63) is 29.0 Å². The Hall–Kier alpha value is -3.34. The first-order valence-electron chi connectivity index (χ1n) is 15.8. The van der Waals surface area contributed by atoms with Gasteiger partial charge in [0.1, 0.15) is 17.2 Å². The molecule has 44 heavy (non-hydrogen) atoms. The van der Waals surface area contributed by atoms with Gasteiger partial charge in [-0.25, -0.2) is 9.59 Å². The van der Waals surface area contributed by atoms with E-state index in [1.807, 2.05) is 44.2 Å². The van der Waals surface area contributed by atoms with Crippen molar-refractivity contribution in [1.29, 1.82) is 0 Å². The summed E-state index contributed by atoms with van der Waals surface area (Å²) in [4.78, 5) is 46.0.